The molecule has 1 aromatic rings. The lowest BCUT2D eigenvalue weighted by molar-refractivity contribution is 0.839. The van der Waals surface area contributed by atoms with Gasteiger partial charge in [0.05, 0.1) is 0 Å². The Labute approximate surface area is 69.9 Å². The molecule has 1 unspecified atom stereocenters. The van der Waals surface area contributed by atoms with E-state index in [0.717, 1.165) is 0 Å². The number of anilines is 1. The van der Waals surface area contributed by atoms with E-state index in [1.165, 1.54) is 17.7 Å². The van der Waals surface area contributed by atoms with E-state index in [-0.39, 0.29) is 8.85 Å². The van der Waals surface area contributed by atoms with Crippen LogP contribution in [0, 0.1) is 0 Å². The highest BCUT2D eigenvalue weighted by Crippen LogP contribution is 2.24. The van der Waals surface area contributed by atoms with Crippen molar-refractivity contribution in [3.05, 3.63) is 29.8 Å². The Kier molecular flexibility index (Phi) is 2.18. The SMILES string of the molecule is C.CC1Cc2ccccc2N1.[HH]. The average molecular weight is 151 g/mol. The molecule has 1 aliphatic rings. The maximum Gasteiger partial charge on any atom is 0.0375 e. The zero-order valence-electron chi connectivity index (χ0n) is 6.09. The molecule has 1 heteroatoms. The maximum atomic E-state index is 3.40. The van der Waals surface area contributed by atoms with Crippen LogP contribution in [-0.2, 0) is 6.42 Å². The third-order valence-electron chi connectivity index (χ3n) is 1.95. The molecule has 62 valence electrons. The fraction of sp³-hybridized carbons (Fsp3) is 0.400. The number of nitrogens with one attached hydrogen (secondary N) is 1. The van der Waals surface area contributed by atoms with Gasteiger partial charge in [0, 0.05) is 13.2 Å². The van der Waals surface area contributed by atoms with Gasteiger partial charge in [0.25, 0.3) is 0 Å². The van der Waals surface area contributed by atoms with Crippen molar-refractivity contribution in [3.8, 4) is 0 Å². The highest BCUT2D eigenvalue weighted by molar-refractivity contribution is 5.56. The molecule has 1 aliphatic heterocycles. The molecule has 2 rings (SSSR count). The molecule has 0 saturated heterocycles. The van der Waals surface area contributed by atoms with Gasteiger partial charge in [-0.25, -0.2) is 0 Å². The summed E-state index contributed by atoms with van der Waals surface area (Å²) < 4.78 is 0. The third kappa shape index (κ3) is 1.37. The number of rotatable bonds is 0. The van der Waals surface area contributed by atoms with Gasteiger partial charge in [-0.15, -0.1) is 0 Å². The van der Waals surface area contributed by atoms with Crippen LogP contribution >= 0.6 is 0 Å². The maximum absolute atomic E-state index is 3.40. The van der Waals surface area contributed by atoms with Crippen molar-refractivity contribution in [2.24, 2.45) is 0 Å². The first-order chi connectivity index (χ1) is 4.86. The second-order valence-electron chi connectivity index (χ2n) is 2.91. The monoisotopic (exact) mass is 151 g/mol. The first kappa shape index (κ1) is 8.12. The minimum absolute atomic E-state index is 0. The summed E-state index contributed by atoms with van der Waals surface area (Å²) >= 11 is 0. The van der Waals surface area contributed by atoms with Crippen LogP contribution in [0.25, 0.3) is 0 Å². The molecule has 0 aliphatic carbocycles. The van der Waals surface area contributed by atoms with Crippen molar-refractivity contribution in [1.82, 2.24) is 0 Å². The molecule has 0 bridgehead atoms. The Morgan fingerprint density at radius 3 is 2.91 bits per heavy atom. The summed E-state index contributed by atoms with van der Waals surface area (Å²) in [6.45, 7) is 2.21. The Morgan fingerprint density at radius 2 is 2.18 bits per heavy atom. The van der Waals surface area contributed by atoms with E-state index in [9.17, 15) is 0 Å². The number of benzene rings is 1. The van der Waals surface area contributed by atoms with Gasteiger partial charge in [0.1, 0.15) is 0 Å². The summed E-state index contributed by atoms with van der Waals surface area (Å²) in [4.78, 5) is 0. The first-order valence-corrected chi connectivity index (χ1v) is 3.71. The molecule has 1 aromatic carbocycles. The second kappa shape index (κ2) is 2.95. The summed E-state index contributed by atoms with van der Waals surface area (Å²) in [6.07, 6.45) is 1.18. The van der Waals surface area contributed by atoms with Crippen molar-refractivity contribution >= 4 is 5.69 Å². The first-order valence-electron chi connectivity index (χ1n) is 3.71. The van der Waals surface area contributed by atoms with Crippen LogP contribution in [0.3, 0.4) is 0 Å². The van der Waals surface area contributed by atoms with Gasteiger partial charge in [-0.1, -0.05) is 25.6 Å². The van der Waals surface area contributed by atoms with Crippen LogP contribution in [0.2, 0.25) is 0 Å². The molecule has 0 fully saturated rings. The molecule has 1 nitrogen and oxygen atoms in total. The quantitative estimate of drug-likeness (QED) is 0.601. The van der Waals surface area contributed by atoms with Gasteiger partial charge in [-0.2, -0.15) is 0 Å². The lowest BCUT2D eigenvalue weighted by Crippen LogP contribution is -2.08. The van der Waals surface area contributed by atoms with Gasteiger partial charge >= 0.3 is 0 Å². The summed E-state index contributed by atoms with van der Waals surface area (Å²) in [5.74, 6) is 0. The highest BCUT2D eigenvalue weighted by Gasteiger charge is 2.14. The standard InChI is InChI=1S/C9H11N.CH4.H2/c1-7-6-8-4-2-3-5-9(8)10-7;;/h2-5,7,10H,6H2,1H3;1H4;1H. The molecule has 1 heterocycles. The Morgan fingerprint density at radius 1 is 1.45 bits per heavy atom. The Balaban J connectivity index is 0.000000605. The molecule has 0 aromatic heterocycles. The van der Waals surface area contributed by atoms with Gasteiger partial charge in [-0.3, -0.25) is 0 Å². The van der Waals surface area contributed by atoms with E-state index in [1.54, 1.807) is 0 Å². The summed E-state index contributed by atoms with van der Waals surface area (Å²) in [7, 11) is 0. The molecular formula is C10H17N. The molecular weight excluding hydrogens is 134 g/mol. The minimum atomic E-state index is 0. The Bertz CT molecular complexity index is 222. The van der Waals surface area contributed by atoms with Crippen molar-refractivity contribution in [2.45, 2.75) is 26.8 Å². The largest absolute Gasteiger partial charge is 0.382 e. The minimum Gasteiger partial charge on any atom is -0.382 e. The molecule has 0 radical (unpaired) electrons. The van der Waals surface area contributed by atoms with Gasteiger partial charge < -0.3 is 5.32 Å². The van der Waals surface area contributed by atoms with Gasteiger partial charge in [0.2, 0.25) is 0 Å². The van der Waals surface area contributed by atoms with Crippen molar-refractivity contribution in [3.63, 3.8) is 0 Å². The van der Waals surface area contributed by atoms with Gasteiger partial charge in [0.15, 0.2) is 0 Å². The second-order valence-corrected chi connectivity index (χ2v) is 2.91. The zero-order valence-corrected chi connectivity index (χ0v) is 6.09. The van der Waals surface area contributed by atoms with E-state index in [1.807, 2.05) is 0 Å². The number of hydrogen-bond donors (Lipinski definition) is 1. The molecule has 11 heavy (non-hydrogen) atoms. The normalized spacial score (nSPS) is 19.9. The van der Waals surface area contributed by atoms with E-state index < -0.39 is 0 Å². The number of fused-ring (bicyclic) bond motifs is 1. The van der Waals surface area contributed by atoms with E-state index in [0.29, 0.717) is 6.04 Å². The third-order valence-corrected chi connectivity index (χ3v) is 1.95. The van der Waals surface area contributed by atoms with Crippen LogP contribution in [0.4, 0.5) is 5.69 Å². The van der Waals surface area contributed by atoms with Crippen LogP contribution in [0.15, 0.2) is 24.3 Å². The zero-order chi connectivity index (χ0) is 6.97. The number of hydrogen-bond acceptors (Lipinski definition) is 1. The summed E-state index contributed by atoms with van der Waals surface area (Å²) in [5.41, 5.74) is 2.77. The fourth-order valence-corrected chi connectivity index (χ4v) is 1.49. The smallest absolute Gasteiger partial charge is 0.0375 e. The molecule has 0 amide bonds. The van der Waals surface area contributed by atoms with Crippen LogP contribution in [0.5, 0.6) is 0 Å². The van der Waals surface area contributed by atoms with E-state index >= 15 is 0 Å². The van der Waals surface area contributed by atoms with Crippen molar-refractivity contribution in [1.29, 1.82) is 0 Å². The van der Waals surface area contributed by atoms with Crippen LogP contribution in [-0.4, -0.2) is 6.04 Å². The predicted molar refractivity (Wildman–Crippen MR) is 52.1 cm³/mol. The van der Waals surface area contributed by atoms with E-state index in [2.05, 4.69) is 36.5 Å². The molecule has 0 saturated carbocycles. The van der Waals surface area contributed by atoms with Crippen molar-refractivity contribution in [2.75, 3.05) is 5.32 Å². The van der Waals surface area contributed by atoms with E-state index in [4.69, 9.17) is 0 Å². The lowest BCUT2D eigenvalue weighted by atomic mass is 10.1. The van der Waals surface area contributed by atoms with Crippen LogP contribution < -0.4 is 5.32 Å². The average Bonchev–Trinajstić information content (AvgIpc) is 2.27. The van der Waals surface area contributed by atoms with Crippen LogP contribution in [0.1, 0.15) is 21.3 Å². The highest BCUT2D eigenvalue weighted by atomic mass is 14.9. The predicted octanol–water partition coefficient (Wildman–Crippen LogP) is 2.93. The summed E-state index contributed by atoms with van der Waals surface area (Å²) in [6, 6.07) is 9.12. The topological polar surface area (TPSA) is 12.0 Å². The number of para-hydroxylation sites is 1. The summed E-state index contributed by atoms with van der Waals surface area (Å²) in [5, 5.41) is 3.40. The molecule has 0 spiro atoms. The molecule has 1 N–H and O–H groups in total. The van der Waals surface area contributed by atoms with Crippen molar-refractivity contribution < 1.29 is 1.43 Å². The molecule has 1 atom stereocenters. The van der Waals surface area contributed by atoms with Gasteiger partial charge in [-0.05, 0) is 25.0 Å². The Hall–Kier alpha value is -0.980. The lowest BCUT2D eigenvalue weighted by Gasteiger charge is -2.00. The fourth-order valence-electron chi connectivity index (χ4n) is 1.49.